The van der Waals surface area contributed by atoms with Gasteiger partial charge < -0.3 is 10.4 Å². The first-order chi connectivity index (χ1) is 8.41. The lowest BCUT2D eigenvalue weighted by Crippen LogP contribution is -2.29. The van der Waals surface area contributed by atoms with E-state index in [1.54, 1.807) is 6.07 Å². The Kier molecular flexibility index (Phi) is 5.82. The smallest absolute Gasteiger partial charge is 0.345 e. The molecule has 1 aromatic rings. The lowest BCUT2D eigenvalue weighted by molar-refractivity contribution is 0.0702. The normalized spacial score (nSPS) is 11.7. The third-order valence-corrected chi connectivity index (χ3v) is 4.34. The summed E-state index contributed by atoms with van der Waals surface area (Å²) >= 11 is 1.35. The zero-order valence-corrected chi connectivity index (χ0v) is 12.4. The van der Waals surface area contributed by atoms with Crippen molar-refractivity contribution in [3.8, 4) is 0 Å². The van der Waals surface area contributed by atoms with Crippen molar-refractivity contribution >= 4 is 17.3 Å². The summed E-state index contributed by atoms with van der Waals surface area (Å²) in [6.45, 7) is 10.7. The van der Waals surface area contributed by atoms with Gasteiger partial charge in [0.1, 0.15) is 4.88 Å². The van der Waals surface area contributed by atoms with Crippen LogP contribution >= 0.6 is 11.3 Å². The summed E-state index contributed by atoms with van der Waals surface area (Å²) in [6, 6.07) is 3.56. The molecule has 0 unspecified atom stereocenters. The van der Waals surface area contributed by atoms with Crippen LogP contribution in [0.15, 0.2) is 12.1 Å². The number of carboxylic acids is 1. The van der Waals surface area contributed by atoms with Gasteiger partial charge in [0, 0.05) is 11.4 Å². The molecule has 0 saturated carbocycles. The van der Waals surface area contributed by atoms with E-state index in [1.807, 2.05) is 6.07 Å². The molecule has 0 bridgehead atoms. The maximum absolute atomic E-state index is 10.8. The highest BCUT2D eigenvalue weighted by atomic mass is 32.1. The molecule has 0 spiro atoms. The summed E-state index contributed by atoms with van der Waals surface area (Å²) in [6.07, 6.45) is 0. The van der Waals surface area contributed by atoms with Crippen molar-refractivity contribution in [3.05, 3.63) is 21.9 Å². The summed E-state index contributed by atoms with van der Waals surface area (Å²) in [5, 5.41) is 12.3. The highest BCUT2D eigenvalue weighted by molar-refractivity contribution is 7.13. The summed E-state index contributed by atoms with van der Waals surface area (Å²) < 4.78 is 0. The zero-order valence-electron chi connectivity index (χ0n) is 11.6. The van der Waals surface area contributed by atoms with Gasteiger partial charge in [0.05, 0.1) is 0 Å². The van der Waals surface area contributed by atoms with Crippen LogP contribution in [0.1, 0.15) is 42.2 Å². The Morgan fingerprint density at radius 1 is 1.28 bits per heavy atom. The van der Waals surface area contributed by atoms with E-state index in [-0.39, 0.29) is 0 Å². The first-order valence-corrected chi connectivity index (χ1v) is 7.26. The number of carbonyl (C=O) groups is 1. The van der Waals surface area contributed by atoms with Crippen LogP contribution in [0.5, 0.6) is 0 Å². The molecule has 0 aromatic carbocycles. The van der Waals surface area contributed by atoms with E-state index in [2.05, 4.69) is 33.0 Å². The molecule has 0 radical (unpaired) electrons. The fourth-order valence-corrected chi connectivity index (χ4v) is 3.01. The molecule has 0 aliphatic rings. The number of nitrogens with one attached hydrogen (secondary N) is 1. The molecule has 1 aromatic heterocycles. The Hall–Kier alpha value is -0.870. The highest BCUT2D eigenvalue weighted by Gasteiger charge is 2.16. The standard InChI is InChI=1S/C14H23NO2S/c1-9(2)12(10(3)4)8-15-7-11-5-6-13(18-11)14(16)17/h5-6,9-10,12,15H,7-8H2,1-4H3,(H,16,17). The number of thiophene rings is 1. The highest BCUT2D eigenvalue weighted by Crippen LogP contribution is 2.20. The number of hydrogen-bond acceptors (Lipinski definition) is 3. The lowest BCUT2D eigenvalue weighted by Gasteiger charge is -2.25. The number of hydrogen-bond donors (Lipinski definition) is 2. The third kappa shape index (κ3) is 4.42. The molecular weight excluding hydrogens is 246 g/mol. The van der Waals surface area contributed by atoms with Crippen LogP contribution in [-0.2, 0) is 6.54 Å². The number of carboxylic acid groups (broad SMARTS) is 1. The average Bonchev–Trinajstić information content (AvgIpc) is 2.71. The minimum absolute atomic E-state index is 0.413. The van der Waals surface area contributed by atoms with Crippen molar-refractivity contribution in [3.63, 3.8) is 0 Å². The molecule has 102 valence electrons. The number of rotatable bonds is 7. The van der Waals surface area contributed by atoms with Crippen molar-refractivity contribution < 1.29 is 9.90 Å². The first kappa shape index (κ1) is 15.2. The largest absolute Gasteiger partial charge is 0.477 e. The molecule has 0 atom stereocenters. The minimum Gasteiger partial charge on any atom is -0.477 e. The van der Waals surface area contributed by atoms with Crippen molar-refractivity contribution in [2.45, 2.75) is 34.2 Å². The Morgan fingerprint density at radius 3 is 2.33 bits per heavy atom. The van der Waals surface area contributed by atoms with Crippen LogP contribution < -0.4 is 5.32 Å². The van der Waals surface area contributed by atoms with Gasteiger partial charge in [-0.05, 0) is 36.4 Å². The van der Waals surface area contributed by atoms with Gasteiger partial charge in [0.25, 0.3) is 0 Å². The summed E-state index contributed by atoms with van der Waals surface area (Å²) in [4.78, 5) is 12.3. The molecule has 3 nitrogen and oxygen atoms in total. The van der Waals surface area contributed by atoms with Crippen LogP contribution in [0.3, 0.4) is 0 Å². The van der Waals surface area contributed by atoms with Crippen molar-refractivity contribution in [2.75, 3.05) is 6.54 Å². The van der Waals surface area contributed by atoms with Gasteiger partial charge in [-0.2, -0.15) is 0 Å². The Morgan fingerprint density at radius 2 is 1.89 bits per heavy atom. The molecule has 2 N–H and O–H groups in total. The number of aromatic carboxylic acids is 1. The van der Waals surface area contributed by atoms with E-state index in [0.717, 1.165) is 18.0 Å². The molecule has 18 heavy (non-hydrogen) atoms. The van der Waals surface area contributed by atoms with Crippen molar-refractivity contribution in [1.82, 2.24) is 5.32 Å². The molecule has 4 heteroatoms. The Bertz CT molecular complexity index is 377. The average molecular weight is 269 g/mol. The van der Waals surface area contributed by atoms with Gasteiger partial charge in [0.2, 0.25) is 0 Å². The summed E-state index contributed by atoms with van der Waals surface area (Å²) in [5.41, 5.74) is 0. The van der Waals surface area contributed by atoms with Gasteiger partial charge in [-0.3, -0.25) is 0 Å². The molecular formula is C14H23NO2S. The van der Waals surface area contributed by atoms with Crippen molar-refractivity contribution in [2.24, 2.45) is 17.8 Å². The van der Waals surface area contributed by atoms with E-state index in [1.165, 1.54) is 11.3 Å². The van der Waals surface area contributed by atoms with Gasteiger partial charge >= 0.3 is 5.97 Å². The maximum atomic E-state index is 10.8. The SMILES string of the molecule is CC(C)C(CNCc1ccc(C(=O)O)s1)C(C)C. The zero-order chi connectivity index (χ0) is 13.7. The predicted molar refractivity (Wildman–Crippen MR) is 76.2 cm³/mol. The summed E-state index contributed by atoms with van der Waals surface area (Å²) in [5.74, 6) is 1.14. The Labute approximate surface area is 113 Å². The molecule has 1 heterocycles. The van der Waals surface area contributed by atoms with E-state index in [4.69, 9.17) is 5.11 Å². The second-order valence-electron chi connectivity index (χ2n) is 5.35. The second-order valence-corrected chi connectivity index (χ2v) is 6.52. The fourth-order valence-electron chi connectivity index (χ4n) is 2.19. The molecule has 0 aliphatic carbocycles. The van der Waals surface area contributed by atoms with Crippen LogP contribution in [-0.4, -0.2) is 17.6 Å². The topological polar surface area (TPSA) is 49.3 Å². The van der Waals surface area contributed by atoms with Gasteiger partial charge in [0.15, 0.2) is 0 Å². The monoisotopic (exact) mass is 269 g/mol. The first-order valence-electron chi connectivity index (χ1n) is 6.44. The Balaban J connectivity index is 2.42. The van der Waals surface area contributed by atoms with Gasteiger partial charge in [-0.1, -0.05) is 27.7 Å². The molecule has 0 amide bonds. The van der Waals surface area contributed by atoms with Crippen molar-refractivity contribution in [1.29, 1.82) is 0 Å². The maximum Gasteiger partial charge on any atom is 0.345 e. The van der Waals surface area contributed by atoms with Crippen LogP contribution in [0.4, 0.5) is 0 Å². The quantitative estimate of drug-likeness (QED) is 0.797. The summed E-state index contributed by atoms with van der Waals surface area (Å²) in [7, 11) is 0. The second kappa shape index (κ2) is 6.90. The lowest BCUT2D eigenvalue weighted by atomic mass is 9.85. The molecule has 0 fully saturated rings. The van der Waals surface area contributed by atoms with Crippen LogP contribution in [0, 0.1) is 17.8 Å². The fraction of sp³-hybridized carbons (Fsp3) is 0.643. The van der Waals surface area contributed by atoms with E-state index >= 15 is 0 Å². The minimum atomic E-state index is -0.839. The third-order valence-electron chi connectivity index (χ3n) is 3.26. The molecule has 0 saturated heterocycles. The molecule has 0 aliphatic heterocycles. The van der Waals surface area contributed by atoms with E-state index in [9.17, 15) is 4.79 Å². The van der Waals surface area contributed by atoms with E-state index < -0.39 is 5.97 Å². The van der Waals surface area contributed by atoms with Gasteiger partial charge in [-0.25, -0.2) is 4.79 Å². The van der Waals surface area contributed by atoms with Crippen LogP contribution in [0.25, 0.3) is 0 Å². The van der Waals surface area contributed by atoms with Crippen LogP contribution in [0.2, 0.25) is 0 Å². The van der Waals surface area contributed by atoms with E-state index in [0.29, 0.717) is 22.6 Å². The predicted octanol–water partition coefficient (Wildman–Crippen LogP) is 3.46. The molecule has 1 rings (SSSR count). The van der Waals surface area contributed by atoms with Gasteiger partial charge in [-0.15, -0.1) is 11.3 Å².